The summed E-state index contributed by atoms with van der Waals surface area (Å²) in [4.78, 5) is 17.7. The molecule has 0 aliphatic heterocycles. The Kier molecular flexibility index (Phi) is 4.33. The number of urea groups is 1. The van der Waals surface area contributed by atoms with Crippen LogP contribution in [0.5, 0.6) is 0 Å². The summed E-state index contributed by atoms with van der Waals surface area (Å²) in [5.41, 5.74) is 5.99. The average Bonchev–Trinajstić information content (AvgIpc) is 3.01. The number of anilines is 1. The van der Waals surface area contributed by atoms with Gasteiger partial charge in [-0.3, -0.25) is 14.8 Å². The van der Waals surface area contributed by atoms with E-state index in [0.717, 1.165) is 43.5 Å². The highest BCUT2D eigenvalue weighted by atomic mass is 32.2. The highest BCUT2D eigenvalue weighted by Gasteiger charge is 2.51. The van der Waals surface area contributed by atoms with Crippen molar-refractivity contribution in [2.45, 2.75) is 61.9 Å². The van der Waals surface area contributed by atoms with E-state index in [1.54, 1.807) is 16.9 Å². The van der Waals surface area contributed by atoms with Crippen LogP contribution in [0.3, 0.4) is 0 Å². The minimum absolute atomic E-state index is 0.00312. The number of aromatic nitrogens is 3. The molecule has 2 aromatic rings. The van der Waals surface area contributed by atoms with Crippen LogP contribution in [0, 0.1) is 0 Å². The van der Waals surface area contributed by atoms with Gasteiger partial charge in [0.2, 0.25) is 0 Å². The lowest BCUT2D eigenvalue weighted by atomic mass is 10.0. The molecule has 1 unspecified atom stereocenters. The van der Waals surface area contributed by atoms with Gasteiger partial charge in [0.05, 0.1) is 24.5 Å². The van der Waals surface area contributed by atoms with Crippen LogP contribution in [0.4, 0.5) is 10.5 Å². The summed E-state index contributed by atoms with van der Waals surface area (Å²) in [6.07, 6.45) is 9.30. The predicted molar refractivity (Wildman–Crippen MR) is 106 cm³/mol. The zero-order valence-corrected chi connectivity index (χ0v) is 16.5. The van der Waals surface area contributed by atoms with Crippen molar-refractivity contribution in [1.82, 2.24) is 14.8 Å². The monoisotopic (exact) mass is 400 g/mol. The number of hydrogen-bond acceptors (Lipinski definition) is 4. The van der Waals surface area contributed by atoms with Crippen molar-refractivity contribution in [3.63, 3.8) is 0 Å². The second kappa shape index (κ2) is 6.75. The second-order valence-corrected chi connectivity index (χ2v) is 9.08. The molecule has 3 aliphatic carbocycles. The lowest BCUT2D eigenvalue weighted by Crippen LogP contribution is -2.16. The maximum Gasteiger partial charge on any atom is 0.352 e. The van der Waals surface area contributed by atoms with Crippen LogP contribution in [-0.4, -0.2) is 32.5 Å². The zero-order valence-electron chi connectivity index (χ0n) is 15.6. The molecule has 0 aromatic carbocycles. The molecule has 0 saturated heterocycles. The number of hydrogen-bond donors (Lipinski definition) is 3. The minimum atomic E-state index is -1.14. The number of aliphatic hydroxyl groups excluding tert-OH is 1. The maximum atomic E-state index is 12.7. The fraction of sp³-hybridized carbons (Fsp3) is 0.526. The first-order valence-electron chi connectivity index (χ1n) is 9.80. The minimum Gasteiger partial charge on any atom is -0.394 e. The van der Waals surface area contributed by atoms with Crippen LogP contribution in [0.15, 0.2) is 21.7 Å². The van der Waals surface area contributed by atoms with Gasteiger partial charge in [-0.25, -0.2) is 4.79 Å². The second-order valence-electron chi connectivity index (χ2n) is 7.85. The molecule has 1 spiro atoms. The van der Waals surface area contributed by atoms with Gasteiger partial charge in [0.1, 0.15) is 5.03 Å². The third kappa shape index (κ3) is 2.98. The van der Waals surface area contributed by atoms with Gasteiger partial charge >= 0.3 is 6.03 Å². The highest BCUT2D eigenvalue weighted by molar-refractivity contribution is 7.85. The molecule has 5 rings (SSSR count). The molecule has 9 heteroatoms. The third-order valence-corrected chi connectivity index (χ3v) is 7.12. The first kappa shape index (κ1) is 18.0. The van der Waals surface area contributed by atoms with E-state index in [4.69, 9.17) is 15.2 Å². The molecule has 3 aliphatic rings. The highest BCUT2D eigenvalue weighted by Crippen LogP contribution is 2.58. The smallest absolute Gasteiger partial charge is 0.352 e. The van der Waals surface area contributed by atoms with E-state index in [0.29, 0.717) is 11.6 Å². The van der Waals surface area contributed by atoms with Crippen molar-refractivity contribution in [3.8, 4) is 0 Å². The average molecular weight is 401 g/mol. The van der Waals surface area contributed by atoms with Crippen molar-refractivity contribution in [2.75, 3.05) is 11.9 Å². The number of amides is 2. The van der Waals surface area contributed by atoms with Gasteiger partial charge in [-0.1, -0.05) is 0 Å². The number of pyridine rings is 1. The van der Waals surface area contributed by atoms with Crippen molar-refractivity contribution in [2.24, 2.45) is 9.50 Å². The predicted octanol–water partition coefficient (Wildman–Crippen LogP) is 2.00. The number of nitrogens with zero attached hydrogens (tertiary/aromatic N) is 4. The fourth-order valence-corrected chi connectivity index (χ4v) is 5.23. The zero-order chi connectivity index (χ0) is 19.3. The lowest BCUT2D eigenvalue weighted by molar-refractivity contribution is 0.260. The van der Waals surface area contributed by atoms with E-state index in [1.165, 1.54) is 29.7 Å². The fourth-order valence-electron chi connectivity index (χ4n) is 4.52. The van der Waals surface area contributed by atoms with Crippen molar-refractivity contribution in [3.05, 3.63) is 34.8 Å². The van der Waals surface area contributed by atoms with Crippen LogP contribution in [-0.2, 0) is 42.1 Å². The molecule has 0 radical (unpaired) electrons. The van der Waals surface area contributed by atoms with E-state index in [2.05, 4.69) is 14.8 Å². The summed E-state index contributed by atoms with van der Waals surface area (Å²) >= 11 is 0. The van der Waals surface area contributed by atoms with Gasteiger partial charge in [0, 0.05) is 28.2 Å². The Balaban J connectivity index is 1.42. The van der Waals surface area contributed by atoms with Crippen LogP contribution in [0.2, 0.25) is 0 Å². The summed E-state index contributed by atoms with van der Waals surface area (Å²) in [6, 6.07) is 1.30. The summed E-state index contributed by atoms with van der Waals surface area (Å²) in [5.74, 6) is 0. The Hall–Kier alpha value is -2.10. The van der Waals surface area contributed by atoms with E-state index >= 15 is 0 Å². The first-order chi connectivity index (χ1) is 13.6. The van der Waals surface area contributed by atoms with Gasteiger partial charge in [-0.05, 0) is 62.1 Å². The maximum absolute atomic E-state index is 12.7. The number of carbonyl (C=O) groups is 1. The molecule has 148 valence electrons. The Bertz CT molecular complexity index is 995. The third-order valence-electron chi connectivity index (χ3n) is 6.11. The standard InChI is InChI=1S/C19H24N6O2S/c20-28(15-5-9-25(23-15)10-11-26)24-18(27)22-16-12-2-1-3-14(12)21-17-13(16)4-6-19(17)7-8-19/h5,9,26H,1-4,6-8,10-11H2,(H3,20,21,22,24,27). The van der Waals surface area contributed by atoms with Crippen LogP contribution in [0.25, 0.3) is 0 Å². The van der Waals surface area contributed by atoms with E-state index < -0.39 is 16.9 Å². The molecule has 2 heterocycles. The molecule has 8 nitrogen and oxygen atoms in total. The van der Waals surface area contributed by atoms with Crippen molar-refractivity contribution >= 4 is 22.6 Å². The number of rotatable bonds is 4. The number of nitrogens with two attached hydrogens (primary N) is 1. The van der Waals surface area contributed by atoms with Crippen molar-refractivity contribution < 1.29 is 9.90 Å². The van der Waals surface area contributed by atoms with Gasteiger partial charge in [-0.2, -0.15) is 5.10 Å². The number of aryl methyl sites for hydroxylation is 1. The molecule has 2 aromatic heterocycles. The Morgan fingerprint density at radius 2 is 2.18 bits per heavy atom. The number of fused-ring (bicyclic) bond motifs is 3. The topological polar surface area (TPSA) is 118 Å². The Labute approximate surface area is 165 Å². The molecule has 1 fully saturated rings. The summed E-state index contributed by atoms with van der Waals surface area (Å²) in [5, 5.41) is 22.9. The van der Waals surface area contributed by atoms with E-state index in [-0.39, 0.29) is 12.0 Å². The van der Waals surface area contributed by atoms with Gasteiger partial charge in [0.25, 0.3) is 0 Å². The molecule has 0 bridgehead atoms. The van der Waals surface area contributed by atoms with Crippen LogP contribution >= 0.6 is 0 Å². The summed E-state index contributed by atoms with van der Waals surface area (Å²) in [7, 11) is -1.14. The van der Waals surface area contributed by atoms with Crippen molar-refractivity contribution in [1.29, 1.82) is 0 Å². The molecule has 2 amide bonds. The molecular weight excluding hydrogens is 376 g/mol. The SMILES string of the molecule is N/S(=N\C(=O)Nc1c2c(nc3c1CCC31CC1)CCC2)c1ccn(CCO)n1. The molecule has 28 heavy (non-hydrogen) atoms. The number of nitrogens with one attached hydrogen (secondary N) is 1. The Morgan fingerprint density at radius 1 is 1.32 bits per heavy atom. The summed E-state index contributed by atoms with van der Waals surface area (Å²) < 4.78 is 5.71. The van der Waals surface area contributed by atoms with Gasteiger partial charge in [-0.15, -0.1) is 4.36 Å². The van der Waals surface area contributed by atoms with E-state index in [9.17, 15) is 4.79 Å². The lowest BCUT2D eigenvalue weighted by Gasteiger charge is -2.16. The van der Waals surface area contributed by atoms with Gasteiger partial charge < -0.3 is 10.4 Å². The molecule has 1 saturated carbocycles. The van der Waals surface area contributed by atoms with E-state index in [1.807, 2.05) is 0 Å². The summed E-state index contributed by atoms with van der Waals surface area (Å²) in [6.45, 7) is 0.386. The Morgan fingerprint density at radius 3 is 2.96 bits per heavy atom. The number of aliphatic hydroxyl groups is 1. The van der Waals surface area contributed by atoms with Gasteiger partial charge in [0.15, 0.2) is 0 Å². The van der Waals surface area contributed by atoms with Crippen LogP contribution in [0.1, 0.15) is 48.2 Å². The number of carbonyl (C=O) groups excluding carboxylic acids is 1. The van der Waals surface area contributed by atoms with Crippen LogP contribution < -0.4 is 10.5 Å². The molecular formula is C19H24N6O2S. The molecule has 4 N–H and O–H groups in total. The largest absolute Gasteiger partial charge is 0.394 e. The normalized spacial score (nSPS) is 19.6. The first-order valence-corrected chi connectivity index (χ1v) is 11.0. The quantitative estimate of drug-likeness (QED) is 0.725. The molecule has 1 atom stereocenters.